The Labute approximate surface area is 391 Å². The second-order valence-corrected chi connectivity index (χ2v) is 27.5. The molecule has 12 rings (SSSR count). The number of carbonyl (C=O) groups is 1. The van der Waals surface area contributed by atoms with Crippen LogP contribution >= 0.6 is 21.6 Å². The van der Waals surface area contributed by atoms with Crippen molar-refractivity contribution in [3.63, 3.8) is 0 Å². The van der Waals surface area contributed by atoms with Crippen LogP contribution < -0.4 is 0 Å². The molecule has 4 bridgehead atoms. The number of allylic oxidation sites excluding steroid dienone is 3. The summed E-state index contributed by atoms with van der Waals surface area (Å²) in [5.74, 6) is 3.06. The summed E-state index contributed by atoms with van der Waals surface area (Å²) in [6, 6.07) is 0.241. The van der Waals surface area contributed by atoms with E-state index < -0.39 is 34.7 Å². The van der Waals surface area contributed by atoms with Gasteiger partial charge < -0.3 is 25.0 Å². The largest absolute Gasteiger partial charge is 0.392 e. The van der Waals surface area contributed by atoms with Crippen LogP contribution in [0.3, 0.4) is 0 Å². The van der Waals surface area contributed by atoms with Crippen molar-refractivity contribution in [1.82, 2.24) is 9.55 Å². The molecule has 1 aliphatic heterocycles. The third-order valence-corrected chi connectivity index (χ3v) is 24.6. The van der Waals surface area contributed by atoms with Crippen LogP contribution in [-0.2, 0) is 4.79 Å². The number of aromatic nitrogens is 2. The molecule has 15 unspecified atom stereocenters. The van der Waals surface area contributed by atoms with Crippen LogP contribution in [0.1, 0.15) is 168 Å². The summed E-state index contributed by atoms with van der Waals surface area (Å²) >= 11 is 0. The summed E-state index contributed by atoms with van der Waals surface area (Å²) in [4.78, 5) is 19.5. The standard InChI is InChI=1S/C55H78N2O5S2/c1-51(2)27-35(57-22-21-56-31-57)30-64-63-29-34-24-40(38-23-32-11-9-14-36-46(32)47(50(38)61)49(51)37-15-10-19-53(48(36)37)17-7-8-18-53)52(3)20-16-39-41(55(34,52)62)25-43(58)42-26-44(59)45(60)28-54(39,42)33-12-5-4-6-13-33/h21-22,25,31-35,38-40,42,44-45,47-48,50,59-62H,4-20,23-24,26-30H2,1-3H3. The van der Waals surface area contributed by atoms with Crippen LogP contribution in [0, 0.1) is 74.9 Å². The minimum atomic E-state index is -1.19. The molecule has 8 fully saturated rings. The van der Waals surface area contributed by atoms with Crippen molar-refractivity contribution < 1.29 is 25.2 Å². The third-order valence-electron chi connectivity index (χ3n) is 22.1. The molecule has 1 saturated heterocycles. The van der Waals surface area contributed by atoms with Crippen molar-refractivity contribution in [1.29, 1.82) is 0 Å². The molecule has 2 heterocycles. The Hall–Kier alpha value is -1.36. The van der Waals surface area contributed by atoms with Crippen molar-refractivity contribution in [3.05, 3.63) is 52.7 Å². The van der Waals surface area contributed by atoms with Crippen LogP contribution in [-0.4, -0.2) is 71.2 Å². The van der Waals surface area contributed by atoms with Gasteiger partial charge in [-0.1, -0.05) is 96.8 Å². The minimum absolute atomic E-state index is 0.0125. The van der Waals surface area contributed by atoms with E-state index >= 15 is 0 Å². The van der Waals surface area contributed by atoms with Gasteiger partial charge >= 0.3 is 0 Å². The lowest BCUT2D eigenvalue weighted by Gasteiger charge is -2.64. The van der Waals surface area contributed by atoms with Gasteiger partial charge in [0.25, 0.3) is 0 Å². The summed E-state index contributed by atoms with van der Waals surface area (Å²) in [5.41, 5.74) is 5.91. The van der Waals surface area contributed by atoms with Crippen molar-refractivity contribution in [3.8, 4) is 0 Å². The molecular formula is C55H78N2O5S2. The normalized spacial score (nSPS) is 47.6. The number of rotatable bonds is 2. The number of carbonyl (C=O) groups excluding carboxylic acids is 1. The van der Waals surface area contributed by atoms with Gasteiger partial charge in [0.2, 0.25) is 0 Å². The van der Waals surface area contributed by atoms with Crippen LogP contribution in [0.5, 0.6) is 0 Å². The molecule has 7 nitrogen and oxygen atoms in total. The Bertz CT molecular complexity index is 2100. The molecule has 64 heavy (non-hydrogen) atoms. The second kappa shape index (κ2) is 15.8. The Morgan fingerprint density at radius 1 is 0.766 bits per heavy atom. The van der Waals surface area contributed by atoms with Crippen LogP contribution in [0.15, 0.2) is 52.7 Å². The maximum Gasteiger partial charge on any atom is 0.159 e. The van der Waals surface area contributed by atoms with E-state index in [1.54, 1.807) is 22.3 Å². The van der Waals surface area contributed by atoms with Crippen molar-refractivity contribution in [2.75, 3.05) is 11.5 Å². The summed E-state index contributed by atoms with van der Waals surface area (Å²) in [5, 5.41) is 50.9. The van der Waals surface area contributed by atoms with Gasteiger partial charge in [-0.3, -0.25) is 4.79 Å². The van der Waals surface area contributed by atoms with E-state index in [1.807, 2.05) is 40.2 Å². The second-order valence-electron chi connectivity index (χ2n) is 24.9. The molecule has 1 spiro atoms. The summed E-state index contributed by atoms with van der Waals surface area (Å²) in [6.07, 6.45) is 29.8. The molecule has 0 amide bonds. The van der Waals surface area contributed by atoms with E-state index in [1.165, 1.54) is 70.6 Å². The Morgan fingerprint density at radius 3 is 2.31 bits per heavy atom. The first-order chi connectivity index (χ1) is 30.8. The fraction of sp³-hybridized carbons (Fsp3) is 0.818. The molecule has 7 saturated carbocycles. The number of ketones is 1. The highest BCUT2D eigenvalue weighted by Crippen LogP contribution is 2.74. The van der Waals surface area contributed by atoms with Gasteiger partial charge in [-0.15, -0.1) is 0 Å². The number of hydrogen-bond donors (Lipinski definition) is 4. The Morgan fingerprint density at radius 2 is 1.53 bits per heavy atom. The molecule has 11 aliphatic rings. The highest BCUT2D eigenvalue weighted by atomic mass is 33.1. The predicted octanol–water partition coefficient (Wildman–Crippen LogP) is 11.0. The highest BCUT2D eigenvalue weighted by molar-refractivity contribution is 8.76. The van der Waals surface area contributed by atoms with E-state index in [4.69, 9.17) is 0 Å². The molecule has 0 aromatic carbocycles. The number of aliphatic hydroxyl groups is 4. The van der Waals surface area contributed by atoms with Crippen molar-refractivity contribution in [2.24, 2.45) is 74.9 Å². The lowest BCUT2D eigenvalue weighted by molar-refractivity contribution is -0.178. The van der Waals surface area contributed by atoms with Gasteiger partial charge in [0.15, 0.2) is 5.78 Å². The smallest absolute Gasteiger partial charge is 0.159 e. The maximum absolute atomic E-state index is 15.0. The number of fused-ring (bicyclic) bond motifs is 14. The monoisotopic (exact) mass is 911 g/mol. The summed E-state index contributed by atoms with van der Waals surface area (Å²) in [6.45, 7) is 7.50. The van der Waals surface area contributed by atoms with Gasteiger partial charge in [0, 0.05) is 59.0 Å². The number of hydrogen-bond acceptors (Lipinski definition) is 8. The van der Waals surface area contributed by atoms with E-state index in [-0.39, 0.29) is 52.7 Å². The average Bonchev–Trinajstić information content (AvgIpc) is 4.04. The summed E-state index contributed by atoms with van der Waals surface area (Å²) in [7, 11) is 3.89. The average molecular weight is 911 g/mol. The lowest BCUT2D eigenvalue weighted by atomic mass is 9.41. The maximum atomic E-state index is 15.0. The molecule has 1 aromatic rings. The van der Waals surface area contributed by atoms with Crippen LogP contribution in [0.4, 0.5) is 0 Å². The van der Waals surface area contributed by atoms with Crippen LogP contribution in [0.25, 0.3) is 0 Å². The fourth-order valence-electron chi connectivity index (χ4n) is 19.8. The van der Waals surface area contributed by atoms with E-state index in [0.29, 0.717) is 36.0 Å². The highest BCUT2D eigenvalue weighted by Gasteiger charge is 2.73. The zero-order valence-electron chi connectivity index (χ0n) is 39.2. The Kier molecular flexibility index (Phi) is 10.9. The van der Waals surface area contributed by atoms with E-state index in [2.05, 4.69) is 36.5 Å². The molecule has 0 radical (unpaired) electrons. The first-order valence-electron chi connectivity index (χ1n) is 26.5. The van der Waals surface area contributed by atoms with Gasteiger partial charge in [-0.2, -0.15) is 0 Å². The van der Waals surface area contributed by atoms with Crippen molar-refractivity contribution in [2.45, 2.75) is 192 Å². The predicted molar refractivity (Wildman–Crippen MR) is 256 cm³/mol. The number of imidazole rings is 1. The van der Waals surface area contributed by atoms with Gasteiger partial charge in [-0.05, 0) is 167 Å². The molecule has 350 valence electrons. The van der Waals surface area contributed by atoms with E-state index in [9.17, 15) is 25.2 Å². The molecular weight excluding hydrogens is 833 g/mol. The minimum Gasteiger partial charge on any atom is -0.392 e. The topological polar surface area (TPSA) is 116 Å². The summed E-state index contributed by atoms with van der Waals surface area (Å²) < 4.78 is 2.36. The molecule has 15 atom stereocenters. The quantitative estimate of drug-likeness (QED) is 0.171. The van der Waals surface area contributed by atoms with E-state index in [0.717, 1.165) is 74.9 Å². The number of aliphatic hydroxyl groups excluding tert-OH is 3. The molecule has 1 aromatic heterocycles. The number of nitrogens with zero attached hydrogens (tertiary/aromatic N) is 2. The Balaban J connectivity index is 1.01. The third kappa shape index (κ3) is 6.13. The zero-order valence-corrected chi connectivity index (χ0v) is 40.8. The SMILES string of the molecule is CC1(C)CC(n2ccnc2)CSSCC2CC(C3CC4CCCC5=C4C(C1=C1CCCC4(CCCC4)C51)C3O)C1(C)CCC3C(=CC(=O)C4CC(O)C(O)CC43C3CCCCC3)C21O. The fourth-order valence-corrected chi connectivity index (χ4v) is 22.5. The van der Waals surface area contributed by atoms with Gasteiger partial charge in [0.05, 0.1) is 30.2 Å². The van der Waals surface area contributed by atoms with Crippen LogP contribution in [0.2, 0.25) is 0 Å². The van der Waals surface area contributed by atoms with Gasteiger partial charge in [0.1, 0.15) is 0 Å². The molecule has 4 N–H and O–H groups in total. The zero-order chi connectivity index (χ0) is 44.0. The van der Waals surface area contributed by atoms with Gasteiger partial charge in [-0.25, -0.2) is 4.98 Å². The lowest BCUT2D eigenvalue weighted by Crippen LogP contribution is -2.65. The molecule has 10 aliphatic carbocycles. The molecule has 9 heteroatoms. The first kappa shape index (κ1) is 43.9. The first-order valence-corrected chi connectivity index (χ1v) is 29.0. The van der Waals surface area contributed by atoms with Crippen molar-refractivity contribution >= 4 is 27.4 Å².